The van der Waals surface area contributed by atoms with E-state index >= 15 is 0 Å². The summed E-state index contributed by atoms with van der Waals surface area (Å²) in [6.07, 6.45) is 0. The minimum Gasteiger partial charge on any atom is -0.494 e. The first kappa shape index (κ1) is 23.7. The monoisotopic (exact) mass is 485 g/mol. The van der Waals surface area contributed by atoms with E-state index in [9.17, 15) is 52.0 Å². The highest BCUT2D eigenvalue weighted by atomic mass is 32.2. The molecule has 16 heteroatoms. The largest absolute Gasteiger partial charge is 0.516 e. The number of rotatable bonds is 5. The fraction of sp³-hybridized carbons (Fsp3) is 0.143. The van der Waals surface area contributed by atoms with Crippen molar-refractivity contribution in [3.05, 3.63) is 47.3 Å². The summed E-state index contributed by atoms with van der Waals surface area (Å²) in [6, 6.07) is 1.46. The minimum absolute atomic E-state index is 0.198. The van der Waals surface area contributed by atoms with E-state index in [4.69, 9.17) is 0 Å². The van der Waals surface area contributed by atoms with Crippen LogP contribution in [0.25, 0.3) is 0 Å². The Morgan fingerprint density at radius 3 is 1.77 bits per heavy atom. The topological polar surface area (TPSA) is 89.5 Å². The van der Waals surface area contributed by atoms with Crippen LogP contribution in [0.1, 0.15) is 0 Å². The van der Waals surface area contributed by atoms with Crippen LogP contribution in [0.3, 0.4) is 0 Å². The Balaban J connectivity index is 2.74. The van der Waals surface area contributed by atoms with Crippen LogP contribution in [-0.4, -0.2) is 29.5 Å². The number of anilines is 1. The number of sulfone groups is 1. The van der Waals surface area contributed by atoms with Crippen molar-refractivity contribution in [2.24, 2.45) is 0 Å². The Kier molecular flexibility index (Phi) is 5.97. The molecular formula is C14H7F8NO5S2. The molecular weight excluding hydrogens is 478 g/mol. The third-order valence-corrected chi connectivity index (χ3v) is 6.32. The van der Waals surface area contributed by atoms with E-state index < -0.39 is 75.7 Å². The zero-order chi connectivity index (χ0) is 23.2. The summed E-state index contributed by atoms with van der Waals surface area (Å²) in [6.45, 7) is 0. The summed E-state index contributed by atoms with van der Waals surface area (Å²) in [5.74, 6) is -12.9. The molecule has 0 aromatic heterocycles. The number of halogens is 8. The van der Waals surface area contributed by atoms with Gasteiger partial charge in [-0.1, -0.05) is 0 Å². The number of hydrogen-bond acceptors (Lipinski definition) is 5. The third-order valence-electron chi connectivity index (χ3n) is 3.47. The lowest BCUT2D eigenvalue weighted by molar-refractivity contribution is -0.0429. The molecule has 30 heavy (non-hydrogen) atoms. The number of ether oxygens (including phenoxy) is 1. The molecule has 0 saturated carbocycles. The minimum atomic E-state index is -6.52. The quantitative estimate of drug-likeness (QED) is 0.518. The average molecular weight is 485 g/mol. The lowest BCUT2D eigenvalue weighted by Crippen LogP contribution is -2.31. The van der Waals surface area contributed by atoms with Crippen molar-refractivity contribution >= 4 is 25.5 Å². The Morgan fingerprint density at radius 1 is 0.867 bits per heavy atom. The van der Waals surface area contributed by atoms with E-state index in [-0.39, 0.29) is 10.8 Å². The van der Waals surface area contributed by atoms with E-state index in [0.29, 0.717) is 12.1 Å². The molecule has 6 nitrogen and oxygen atoms in total. The van der Waals surface area contributed by atoms with Gasteiger partial charge in [0.05, 0.1) is 12.0 Å². The van der Waals surface area contributed by atoms with Crippen molar-refractivity contribution in [1.82, 2.24) is 0 Å². The van der Waals surface area contributed by atoms with Crippen LogP contribution in [0.15, 0.2) is 28.0 Å². The summed E-state index contributed by atoms with van der Waals surface area (Å²) in [4.78, 5) is -3.52. The van der Waals surface area contributed by atoms with Gasteiger partial charge in [0.25, 0.3) is 0 Å². The van der Waals surface area contributed by atoms with E-state index in [1.54, 1.807) is 0 Å². The van der Waals surface area contributed by atoms with Gasteiger partial charge in [-0.3, -0.25) is 4.72 Å². The van der Waals surface area contributed by atoms with E-state index in [1.165, 1.54) is 0 Å². The molecule has 2 aromatic rings. The zero-order valence-corrected chi connectivity index (χ0v) is 15.7. The molecule has 0 radical (unpaired) electrons. The molecule has 1 N–H and O–H groups in total. The van der Waals surface area contributed by atoms with Crippen LogP contribution in [-0.2, 0) is 19.9 Å². The maximum Gasteiger partial charge on any atom is 0.516 e. The van der Waals surface area contributed by atoms with Crippen LogP contribution in [0.4, 0.5) is 40.8 Å². The maximum atomic E-state index is 14.2. The molecule has 2 aromatic carbocycles. The Bertz CT molecular complexity index is 1200. The first-order chi connectivity index (χ1) is 13.6. The van der Waals surface area contributed by atoms with Crippen molar-refractivity contribution in [3.8, 4) is 5.75 Å². The van der Waals surface area contributed by atoms with Gasteiger partial charge in [-0.25, -0.2) is 30.4 Å². The van der Waals surface area contributed by atoms with Gasteiger partial charge >= 0.3 is 15.5 Å². The van der Waals surface area contributed by atoms with Crippen LogP contribution in [0, 0.1) is 29.1 Å². The second-order valence-corrected chi connectivity index (χ2v) is 8.87. The molecule has 0 spiro atoms. The Hall–Kier alpha value is -2.62. The van der Waals surface area contributed by atoms with E-state index in [1.807, 2.05) is 0 Å². The highest BCUT2D eigenvalue weighted by Gasteiger charge is 2.47. The molecule has 0 saturated heterocycles. The van der Waals surface area contributed by atoms with Gasteiger partial charge in [-0.15, -0.1) is 0 Å². The molecule has 0 aliphatic rings. The van der Waals surface area contributed by atoms with Gasteiger partial charge in [0.1, 0.15) is 10.6 Å². The highest BCUT2D eigenvalue weighted by molar-refractivity contribution is 7.93. The average Bonchev–Trinajstić information content (AvgIpc) is 2.62. The van der Waals surface area contributed by atoms with E-state index in [0.717, 1.165) is 7.11 Å². The smallest absolute Gasteiger partial charge is 0.494 e. The summed E-state index contributed by atoms with van der Waals surface area (Å²) in [5, 5.41) is 0. The highest BCUT2D eigenvalue weighted by Crippen LogP contribution is 2.36. The van der Waals surface area contributed by atoms with Gasteiger partial charge in [0.15, 0.2) is 34.8 Å². The van der Waals surface area contributed by atoms with E-state index in [2.05, 4.69) is 4.74 Å². The summed E-state index contributed by atoms with van der Waals surface area (Å²) in [7, 11) is -11.0. The molecule has 0 amide bonds. The number of benzene rings is 2. The Morgan fingerprint density at radius 2 is 1.37 bits per heavy atom. The molecule has 0 atom stereocenters. The second kappa shape index (κ2) is 7.57. The SMILES string of the molecule is COc1ccc(S(=O)(=O)c2c(F)c(F)c(NS(=O)(=O)C(F)(F)F)c(F)c2F)cc1F. The van der Waals surface area contributed by atoms with Crippen molar-refractivity contribution in [1.29, 1.82) is 0 Å². The molecule has 2 rings (SSSR count). The van der Waals surface area contributed by atoms with Crippen LogP contribution in [0.2, 0.25) is 0 Å². The predicted molar refractivity (Wildman–Crippen MR) is 83.3 cm³/mol. The lowest BCUT2D eigenvalue weighted by Gasteiger charge is -2.15. The fourth-order valence-corrected chi connectivity index (χ4v) is 4.02. The van der Waals surface area contributed by atoms with Crippen LogP contribution >= 0.6 is 0 Å². The van der Waals surface area contributed by atoms with Crippen LogP contribution in [0.5, 0.6) is 5.75 Å². The molecule has 0 bridgehead atoms. The van der Waals surface area contributed by atoms with Gasteiger partial charge < -0.3 is 4.74 Å². The summed E-state index contributed by atoms with van der Waals surface area (Å²) in [5.41, 5.74) is -8.56. The van der Waals surface area contributed by atoms with Crippen molar-refractivity contribution in [2.45, 2.75) is 15.3 Å². The molecule has 0 unspecified atom stereocenters. The third kappa shape index (κ3) is 3.88. The molecule has 0 fully saturated rings. The van der Waals surface area contributed by atoms with Gasteiger partial charge in [-0.05, 0) is 18.2 Å². The van der Waals surface area contributed by atoms with Crippen molar-refractivity contribution in [3.63, 3.8) is 0 Å². The number of hydrogen-bond donors (Lipinski definition) is 1. The first-order valence-corrected chi connectivity index (χ1v) is 10.1. The maximum absolute atomic E-state index is 14.2. The molecule has 0 aliphatic carbocycles. The van der Waals surface area contributed by atoms with Gasteiger partial charge in [-0.2, -0.15) is 21.6 Å². The first-order valence-electron chi connectivity index (χ1n) is 7.10. The lowest BCUT2D eigenvalue weighted by atomic mass is 10.2. The Labute approximate surface area is 163 Å². The molecule has 0 aliphatic heterocycles. The number of sulfonamides is 1. The number of methoxy groups -OCH3 is 1. The van der Waals surface area contributed by atoms with Gasteiger partial charge in [0, 0.05) is 0 Å². The zero-order valence-electron chi connectivity index (χ0n) is 14.1. The molecule has 166 valence electrons. The van der Waals surface area contributed by atoms with Crippen molar-refractivity contribution in [2.75, 3.05) is 11.8 Å². The number of nitrogens with one attached hydrogen (secondary N) is 1. The second-order valence-electron chi connectivity index (χ2n) is 5.31. The van der Waals surface area contributed by atoms with Crippen molar-refractivity contribution < 1.29 is 56.7 Å². The normalized spacial score (nSPS) is 12.7. The fourth-order valence-electron chi connectivity index (χ4n) is 2.06. The number of alkyl halides is 3. The van der Waals surface area contributed by atoms with Crippen LogP contribution < -0.4 is 9.46 Å². The van der Waals surface area contributed by atoms with Gasteiger partial charge in [0.2, 0.25) is 9.84 Å². The summed E-state index contributed by atoms with van der Waals surface area (Å²) >= 11 is 0. The molecule has 0 heterocycles. The standard InChI is InChI=1S/C14H7F8NO5S2/c1-28-7-3-2-5(4-6(7)15)29(24,25)13-10(18)8(16)12(9(17)11(13)19)23-30(26,27)14(20,21)22/h2-4,23H,1H3. The summed E-state index contributed by atoms with van der Waals surface area (Å²) < 4.78 is 159. The predicted octanol–water partition coefficient (Wildman–Crippen LogP) is 3.49.